The van der Waals surface area contributed by atoms with Crippen molar-refractivity contribution in [1.29, 1.82) is 0 Å². The second-order valence-electron chi connectivity index (χ2n) is 8.39. The third kappa shape index (κ3) is 10.1. The van der Waals surface area contributed by atoms with Gasteiger partial charge in [-0.25, -0.2) is 19.2 Å². The topological polar surface area (TPSA) is 158 Å². The van der Waals surface area contributed by atoms with Gasteiger partial charge >= 0.3 is 23.9 Å². The quantitative estimate of drug-likeness (QED) is 0.167. The van der Waals surface area contributed by atoms with Crippen LogP contribution >= 0.6 is 0 Å². The van der Waals surface area contributed by atoms with Crippen LogP contribution in [0, 0.1) is 0 Å². The van der Waals surface area contributed by atoms with Crippen LogP contribution in [-0.4, -0.2) is 63.4 Å². The maximum absolute atomic E-state index is 12.3. The standard InChI is InChI=1S/C29H29N3O9/c1-19(33)30-23-9-3-20(4-10-23)27(35)40-17-18-41-28(36)22-7-13-25(14-8-22)32-29(37)31-24-11-5-21(6-12-24)26(34)39-16-15-38-2/h3-14H,15-18H2,1-2H3,(H,30,33)(H2,31,32,37). The molecule has 0 bridgehead atoms. The van der Waals surface area contributed by atoms with Gasteiger partial charge in [-0.15, -0.1) is 0 Å². The fraction of sp³-hybridized carbons (Fsp3) is 0.207. The van der Waals surface area contributed by atoms with Crippen LogP contribution in [0.4, 0.5) is 21.9 Å². The Hall–Kier alpha value is -5.23. The molecule has 3 aromatic carbocycles. The molecule has 0 aromatic heterocycles. The average molecular weight is 564 g/mol. The van der Waals surface area contributed by atoms with E-state index in [4.69, 9.17) is 18.9 Å². The smallest absolute Gasteiger partial charge is 0.338 e. The summed E-state index contributed by atoms with van der Waals surface area (Å²) < 4.78 is 20.1. The number of nitrogens with one attached hydrogen (secondary N) is 3. The number of esters is 3. The SMILES string of the molecule is COCCOC(=O)c1ccc(NC(=O)Nc2ccc(C(=O)OCCOC(=O)c3ccc(NC(C)=O)cc3)cc2)cc1. The van der Waals surface area contributed by atoms with Crippen LogP contribution in [0.1, 0.15) is 38.0 Å². The molecule has 214 valence electrons. The van der Waals surface area contributed by atoms with Gasteiger partial charge in [0.25, 0.3) is 0 Å². The van der Waals surface area contributed by atoms with E-state index in [2.05, 4.69) is 16.0 Å². The first-order valence-corrected chi connectivity index (χ1v) is 12.4. The van der Waals surface area contributed by atoms with Crippen molar-refractivity contribution in [3.8, 4) is 0 Å². The minimum Gasteiger partial charge on any atom is -0.460 e. The van der Waals surface area contributed by atoms with Gasteiger partial charge in [0.1, 0.15) is 19.8 Å². The number of amides is 3. The van der Waals surface area contributed by atoms with Crippen molar-refractivity contribution in [1.82, 2.24) is 0 Å². The Labute approximate surface area is 235 Å². The molecule has 41 heavy (non-hydrogen) atoms. The summed E-state index contributed by atoms with van der Waals surface area (Å²) in [6, 6.07) is 17.8. The summed E-state index contributed by atoms with van der Waals surface area (Å²) in [4.78, 5) is 59.7. The summed E-state index contributed by atoms with van der Waals surface area (Å²) in [7, 11) is 1.51. The van der Waals surface area contributed by atoms with Gasteiger partial charge in [0.2, 0.25) is 5.91 Å². The molecule has 3 aromatic rings. The van der Waals surface area contributed by atoms with E-state index in [-0.39, 0.29) is 36.9 Å². The molecule has 0 spiro atoms. The third-order valence-corrected chi connectivity index (χ3v) is 5.27. The zero-order valence-electron chi connectivity index (χ0n) is 22.4. The normalized spacial score (nSPS) is 10.2. The number of benzene rings is 3. The molecular formula is C29H29N3O9. The van der Waals surface area contributed by atoms with Crippen molar-refractivity contribution in [2.24, 2.45) is 0 Å². The molecule has 0 saturated carbocycles. The summed E-state index contributed by atoms with van der Waals surface area (Å²) in [5, 5.41) is 7.87. The van der Waals surface area contributed by atoms with E-state index in [1.54, 1.807) is 24.3 Å². The number of carbonyl (C=O) groups is 5. The van der Waals surface area contributed by atoms with Crippen LogP contribution < -0.4 is 16.0 Å². The summed E-state index contributed by atoms with van der Waals surface area (Å²) in [6.07, 6.45) is 0. The summed E-state index contributed by atoms with van der Waals surface area (Å²) in [5.74, 6) is -1.94. The van der Waals surface area contributed by atoms with Crippen LogP contribution in [0.5, 0.6) is 0 Å². The van der Waals surface area contributed by atoms with E-state index in [9.17, 15) is 24.0 Å². The second-order valence-corrected chi connectivity index (χ2v) is 8.39. The summed E-state index contributed by atoms with van der Waals surface area (Å²) >= 11 is 0. The molecule has 3 N–H and O–H groups in total. The van der Waals surface area contributed by atoms with Crippen molar-refractivity contribution >= 4 is 46.9 Å². The van der Waals surface area contributed by atoms with Crippen LogP contribution in [-0.2, 0) is 23.7 Å². The molecule has 0 fully saturated rings. The Kier molecular flexibility index (Phi) is 11.4. The molecule has 0 aliphatic rings. The monoisotopic (exact) mass is 563 g/mol. The number of rotatable bonds is 12. The van der Waals surface area contributed by atoms with Crippen molar-refractivity contribution in [3.63, 3.8) is 0 Å². The Morgan fingerprint density at radius 3 is 1.15 bits per heavy atom. The molecule has 0 aliphatic heterocycles. The van der Waals surface area contributed by atoms with Crippen LogP contribution in [0.25, 0.3) is 0 Å². The molecule has 0 aliphatic carbocycles. The highest BCUT2D eigenvalue weighted by Crippen LogP contribution is 2.14. The van der Waals surface area contributed by atoms with Gasteiger partial charge < -0.3 is 34.9 Å². The third-order valence-electron chi connectivity index (χ3n) is 5.27. The first kappa shape index (κ1) is 30.3. The van der Waals surface area contributed by atoms with Crippen molar-refractivity contribution in [3.05, 3.63) is 89.5 Å². The van der Waals surface area contributed by atoms with E-state index in [0.29, 0.717) is 29.2 Å². The van der Waals surface area contributed by atoms with Crippen molar-refractivity contribution < 1.29 is 42.9 Å². The van der Waals surface area contributed by atoms with Crippen molar-refractivity contribution in [2.45, 2.75) is 6.92 Å². The number of carbonyl (C=O) groups excluding carboxylic acids is 5. The number of urea groups is 1. The average Bonchev–Trinajstić information content (AvgIpc) is 2.96. The number of methoxy groups -OCH3 is 1. The lowest BCUT2D eigenvalue weighted by molar-refractivity contribution is -0.114. The summed E-state index contributed by atoms with van der Waals surface area (Å²) in [5.41, 5.74) is 2.29. The molecule has 3 amide bonds. The van der Waals surface area contributed by atoms with Gasteiger partial charge in [0.15, 0.2) is 0 Å². The van der Waals surface area contributed by atoms with E-state index in [1.807, 2.05) is 0 Å². The lowest BCUT2D eigenvalue weighted by atomic mass is 10.2. The largest absolute Gasteiger partial charge is 0.460 e. The van der Waals surface area contributed by atoms with Crippen molar-refractivity contribution in [2.75, 3.05) is 49.5 Å². The number of hydrogen-bond acceptors (Lipinski definition) is 9. The van der Waals surface area contributed by atoms with Crippen LogP contribution in [0.3, 0.4) is 0 Å². The predicted octanol–water partition coefficient (Wildman–Crippen LogP) is 4.11. The second kappa shape index (κ2) is 15.4. The molecule has 12 nitrogen and oxygen atoms in total. The Balaban J connectivity index is 1.38. The van der Waals surface area contributed by atoms with Gasteiger partial charge in [-0.1, -0.05) is 0 Å². The van der Waals surface area contributed by atoms with Gasteiger partial charge in [-0.3, -0.25) is 4.79 Å². The molecule has 0 atom stereocenters. The predicted molar refractivity (Wildman–Crippen MR) is 149 cm³/mol. The van der Waals surface area contributed by atoms with E-state index in [0.717, 1.165) is 0 Å². The Morgan fingerprint density at radius 1 is 0.512 bits per heavy atom. The number of hydrogen-bond donors (Lipinski definition) is 3. The van der Waals surface area contributed by atoms with Crippen LogP contribution in [0.15, 0.2) is 72.8 Å². The molecule has 3 rings (SSSR count). The first-order chi connectivity index (χ1) is 19.7. The number of ether oxygens (including phenoxy) is 4. The molecular weight excluding hydrogens is 534 g/mol. The minimum atomic E-state index is -0.627. The maximum Gasteiger partial charge on any atom is 0.338 e. The molecule has 0 heterocycles. The van der Waals surface area contributed by atoms with E-state index < -0.39 is 23.9 Å². The fourth-order valence-corrected chi connectivity index (χ4v) is 3.30. The van der Waals surface area contributed by atoms with Crippen LogP contribution in [0.2, 0.25) is 0 Å². The molecule has 0 radical (unpaired) electrons. The summed E-state index contributed by atoms with van der Waals surface area (Å²) in [6.45, 7) is 1.52. The zero-order chi connectivity index (χ0) is 29.6. The lowest BCUT2D eigenvalue weighted by Gasteiger charge is -2.10. The minimum absolute atomic E-state index is 0.142. The Bertz CT molecular complexity index is 1360. The maximum atomic E-state index is 12.3. The van der Waals surface area contributed by atoms with Gasteiger partial charge in [-0.2, -0.15) is 0 Å². The fourth-order valence-electron chi connectivity index (χ4n) is 3.30. The van der Waals surface area contributed by atoms with E-state index >= 15 is 0 Å². The van der Waals surface area contributed by atoms with Gasteiger partial charge in [0.05, 0.1) is 23.3 Å². The van der Waals surface area contributed by atoms with Gasteiger partial charge in [0, 0.05) is 31.1 Å². The molecule has 12 heteroatoms. The molecule has 0 saturated heterocycles. The number of anilines is 3. The van der Waals surface area contributed by atoms with Gasteiger partial charge in [-0.05, 0) is 72.8 Å². The first-order valence-electron chi connectivity index (χ1n) is 12.4. The highest BCUT2D eigenvalue weighted by molar-refractivity contribution is 6.00. The molecule has 0 unspecified atom stereocenters. The highest BCUT2D eigenvalue weighted by Gasteiger charge is 2.12. The lowest BCUT2D eigenvalue weighted by Crippen LogP contribution is -2.19. The highest BCUT2D eigenvalue weighted by atomic mass is 16.6. The zero-order valence-corrected chi connectivity index (χ0v) is 22.4. The Morgan fingerprint density at radius 2 is 0.829 bits per heavy atom. The van der Waals surface area contributed by atoms with E-state index in [1.165, 1.54) is 62.6 Å².